The third-order valence-corrected chi connectivity index (χ3v) is 13.1. The zero-order chi connectivity index (χ0) is 45.6. The lowest BCUT2D eigenvalue weighted by atomic mass is 10.0. The standard InChI is InChI=1S/C58H112O5/c1-4-7-10-13-16-19-22-25-27-29-30-31-32-34-37-39-42-45-48-51-57(59)62-55-56(63-58(60)52-49-46-43-40-36-24-21-18-15-12-9-6-3)54-61-53-50-47-44-41-38-35-33-28-26-23-20-17-14-11-8-5-2/h25,27,56H,4-24,26,28-55H2,1-3H3/b27-25-/t56-/m1/s1. The molecule has 0 radical (unpaired) electrons. The molecule has 0 aliphatic heterocycles. The Balaban J connectivity index is 4.16. The van der Waals surface area contributed by atoms with Crippen LogP contribution in [0.25, 0.3) is 0 Å². The molecular formula is C58H112O5. The Morgan fingerprint density at radius 3 is 0.968 bits per heavy atom. The summed E-state index contributed by atoms with van der Waals surface area (Å²) in [5.74, 6) is -0.374. The van der Waals surface area contributed by atoms with E-state index >= 15 is 0 Å². The summed E-state index contributed by atoms with van der Waals surface area (Å²) >= 11 is 0. The molecule has 374 valence electrons. The maximum atomic E-state index is 12.8. The Labute approximate surface area is 395 Å². The maximum Gasteiger partial charge on any atom is 0.306 e. The summed E-state index contributed by atoms with van der Waals surface area (Å²) in [7, 11) is 0. The molecule has 0 spiro atoms. The van der Waals surface area contributed by atoms with Gasteiger partial charge in [0.2, 0.25) is 0 Å². The van der Waals surface area contributed by atoms with Crippen molar-refractivity contribution in [3.63, 3.8) is 0 Å². The van der Waals surface area contributed by atoms with E-state index in [0.29, 0.717) is 26.1 Å². The quantitative estimate of drug-likeness (QED) is 0.0346. The minimum atomic E-state index is -0.527. The number of allylic oxidation sites excluding steroid dienone is 2. The van der Waals surface area contributed by atoms with Gasteiger partial charge in [0, 0.05) is 19.4 Å². The second kappa shape index (κ2) is 55.0. The fourth-order valence-corrected chi connectivity index (χ4v) is 8.74. The van der Waals surface area contributed by atoms with Crippen molar-refractivity contribution >= 4 is 11.9 Å². The second-order valence-electron chi connectivity index (χ2n) is 19.6. The van der Waals surface area contributed by atoms with Crippen LogP contribution in [0.5, 0.6) is 0 Å². The average Bonchev–Trinajstić information content (AvgIpc) is 3.28. The molecule has 0 saturated heterocycles. The van der Waals surface area contributed by atoms with Crippen LogP contribution in [0.15, 0.2) is 12.2 Å². The lowest BCUT2D eigenvalue weighted by molar-refractivity contribution is -0.163. The van der Waals surface area contributed by atoms with Crippen molar-refractivity contribution in [2.75, 3.05) is 19.8 Å². The van der Waals surface area contributed by atoms with Crippen LogP contribution in [0.4, 0.5) is 0 Å². The fourth-order valence-electron chi connectivity index (χ4n) is 8.74. The molecule has 0 amide bonds. The van der Waals surface area contributed by atoms with E-state index in [-0.39, 0.29) is 18.5 Å². The predicted octanol–water partition coefficient (Wildman–Crippen LogP) is 19.4. The zero-order valence-electron chi connectivity index (χ0n) is 43.1. The van der Waals surface area contributed by atoms with Crippen LogP contribution in [-0.4, -0.2) is 37.9 Å². The third kappa shape index (κ3) is 53.1. The van der Waals surface area contributed by atoms with Crippen molar-refractivity contribution in [3.8, 4) is 0 Å². The molecule has 0 fully saturated rings. The molecule has 1 atom stereocenters. The number of unbranched alkanes of at least 4 members (excludes halogenated alkanes) is 41. The number of carbonyl (C=O) groups is 2. The molecule has 0 aliphatic rings. The van der Waals surface area contributed by atoms with Crippen LogP contribution >= 0.6 is 0 Å². The van der Waals surface area contributed by atoms with Gasteiger partial charge in [0.15, 0.2) is 6.10 Å². The normalized spacial score (nSPS) is 12.1. The Morgan fingerprint density at radius 2 is 0.619 bits per heavy atom. The molecule has 0 rings (SSSR count). The summed E-state index contributed by atoms with van der Waals surface area (Å²) in [5.41, 5.74) is 0. The van der Waals surface area contributed by atoms with E-state index in [1.807, 2.05) is 0 Å². The Kier molecular flexibility index (Phi) is 53.8. The van der Waals surface area contributed by atoms with Crippen molar-refractivity contribution in [3.05, 3.63) is 12.2 Å². The van der Waals surface area contributed by atoms with Gasteiger partial charge in [-0.25, -0.2) is 0 Å². The molecule has 0 N–H and O–H groups in total. The van der Waals surface area contributed by atoms with Crippen LogP contribution in [0.1, 0.15) is 323 Å². The molecular weight excluding hydrogens is 777 g/mol. The van der Waals surface area contributed by atoms with Gasteiger partial charge in [-0.3, -0.25) is 9.59 Å². The number of ether oxygens (including phenoxy) is 3. The van der Waals surface area contributed by atoms with Gasteiger partial charge in [0.05, 0.1) is 6.61 Å². The van der Waals surface area contributed by atoms with Crippen LogP contribution in [0, 0.1) is 0 Å². The number of hydrogen-bond donors (Lipinski definition) is 0. The largest absolute Gasteiger partial charge is 0.462 e. The Hall–Kier alpha value is -1.36. The molecule has 0 unspecified atom stereocenters. The molecule has 0 heterocycles. The van der Waals surface area contributed by atoms with Gasteiger partial charge in [0.1, 0.15) is 6.61 Å². The monoisotopic (exact) mass is 889 g/mol. The number of carbonyl (C=O) groups excluding carboxylic acids is 2. The number of rotatable bonds is 54. The second-order valence-corrected chi connectivity index (χ2v) is 19.6. The summed E-state index contributed by atoms with van der Waals surface area (Å²) in [4.78, 5) is 25.5. The average molecular weight is 890 g/mol. The van der Waals surface area contributed by atoms with Crippen molar-refractivity contribution in [2.24, 2.45) is 0 Å². The molecule has 0 aliphatic carbocycles. The Bertz CT molecular complexity index is 917. The minimum Gasteiger partial charge on any atom is -0.462 e. The summed E-state index contributed by atoms with van der Waals surface area (Å²) < 4.78 is 17.5. The summed E-state index contributed by atoms with van der Waals surface area (Å²) in [6.07, 6.45) is 63.7. The molecule has 5 heteroatoms. The highest BCUT2D eigenvalue weighted by Crippen LogP contribution is 2.17. The molecule has 5 nitrogen and oxygen atoms in total. The van der Waals surface area contributed by atoms with Crippen molar-refractivity contribution in [1.82, 2.24) is 0 Å². The first-order chi connectivity index (χ1) is 31.1. The molecule has 0 aromatic carbocycles. The molecule has 0 saturated carbocycles. The number of esters is 2. The Morgan fingerprint density at radius 1 is 0.333 bits per heavy atom. The highest BCUT2D eigenvalue weighted by atomic mass is 16.6. The SMILES string of the molecule is CCCCCCCC/C=C\CCCCCCCCCCCC(=O)OC[C@@H](COCCCCCCCCCCCCCCCCCC)OC(=O)CCCCCCCCCCCCCC. The first-order valence-corrected chi connectivity index (χ1v) is 28.7. The minimum absolute atomic E-state index is 0.0941. The smallest absolute Gasteiger partial charge is 0.306 e. The molecule has 0 aromatic heterocycles. The lowest BCUT2D eigenvalue weighted by Crippen LogP contribution is -2.30. The van der Waals surface area contributed by atoms with Crippen LogP contribution < -0.4 is 0 Å². The van der Waals surface area contributed by atoms with E-state index in [1.165, 1.54) is 257 Å². The van der Waals surface area contributed by atoms with Gasteiger partial charge in [-0.05, 0) is 44.9 Å². The van der Waals surface area contributed by atoms with E-state index < -0.39 is 6.10 Å². The van der Waals surface area contributed by atoms with Crippen LogP contribution in [0.3, 0.4) is 0 Å². The topological polar surface area (TPSA) is 61.8 Å². The van der Waals surface area contributed by atoms with Gasteiger partial charge in [-0.15, -0.1) is 0 Å². The molecule has 63 heavy (non-hydrogen) atoms. The van der Waals surface area contributed by atoms with Crippen LogP contribution in [0.2, 0.25) is 0 Å². The third-order valence-electron chi connectivity index (χ3n) is 13.1. The lowest BCUT2D eigenvalue weighted by Gasteiger charge is -2.18. The van der Waals surface area contributed by atoms with Gasteiger partial charge >= 0.3 is 11.9 Å². The molecule has 0 bridgehead atoms. The number of hydrogen-bond acceptors (Lipinski definition) is 5. The van der Waals surface area contributed by atoms with E-state index in [4.69, 9.17) is 14.2 Å². The highest BCUT2D eigenvalue weighted by molar-refractivity contribution is 5.70. The fraction of sp³-hybridized carbons (Fsp3) is 0.931. The van der Waals surface area contributed by atoms with Crippen molar-refractivity contribution in [1.29, 1.82) is 0 Å². The summed E-state index contributed by atoms with van der Waals surface area (Å²) in [6.45, 7) is 7.90. The van der Waals surface area contributed by atoms with Gasteiger partial charge < -0.3 is 14.2 Å². The molecule has 0 aromatic rings. The zero-order valence-corrected chi connectivity index (χ0v) is 43.1. The summed E-state index contributed by atoms with van der Waals surface area (Å²) in [5, 5.41) is 0. The van der Waals surface area contributed by atoms with Gasteiger partial charge in [-0.2, -0.15) is 0 Å². The van der Waals surface area contributed by atoms with Gasteiger partial charge in [-0.1, -0.05) is 277 Å². The predicted molar refractivity (Wildman–Crippen MR) is 275 cm³/mol. The van der Waals surface area contributed by atoms with E-state index in [9.17, 15) is 9.59 Å². The van der Waals surface area contributed by atoms with Gasteiger partial charge in [0.25, 0.3) is 0 Å². The van der Waals surface area contributed by atoms with Crippen molar-refractivity contribution < 1.29 is 23.8 Å². The van der Waals surface area contributed by atoms with Crippen LogP contribution in [-0.2, 0) is 23.8 Å². The highest BCUT2D eigenvalue weighted by Gasteiger charge is 2.17. The van der Waals surface area contributed by atoms with E-state index in [0.717, 1.165) is 32.1 Å². The first kappa shape index (κ1) is 61.6. The maximum absolute atomic E-state index is 12.8. The first-order valence-electron chi connectivity index (χ1n) is 28.7. The van der Waals surface area contributed by atoms with E-state index in [1.54, 1.807) is 0 Å². The van der Waals surface area contributed by atoms with E-state index in [2.05, 4.69) is 32.9 Å². The van der Waals surface area contributed by atoms with Crippen molar-refractivity contribution in [2.45, 2.75) is 329 Å². The summed E-state index contributed by atoms with van der Waals surface area (Å²) in [6, 6.07) is 0.